The molecule has 0 radical (unpaired) electrons. The highest BCUT2D eigenvalue weighted by Crippen LogP contribution is 2.42. The summed E-state index contributed by atoms with van der Waals surface area (Å²) in [6.07, 6.45) is 0.693. The third kappa shape index (κ3) is 4.86. The van der Waals surface area contributed by atoms with Crippen LogP contribution in [0.1, 0.15) is 31.9 Å². The molecule has 0 spiro atoms. The predicted molar refractivity (Wildman–Crippen MR) is 145 cm³/mol. The summed E-state index contributed by atoms with van der Waals surface area (Å²) < 4.78 is 0. The molecule has 2 amide bonds. The van der Waals surface area contributed by atoms with Gasteiger partial charge in [-0.05, 0) is 49.2 Å². The van der Waals surface area contributed by atoms with Crippen LogP contribution in [0.5, 0.6) is 0 Å². The molecule has 2 heterocycles. The van der Waals surface area contributed by atoms with E-state index in [1.165, 1.54) is 5.69 Å². The molecule has 36 heavy (non-hydrogen) atoms. The van der Waals surface area contributed by atoms with Gasteiger partial charge >= 0.3 is 0 Å². The molecule has 0 N–H and O–H groups in total. The van der Waals surface area contributed by atoms with Crippen LogP contribution in [-0.2, 0) is 9.59 Å². The Bertz CT molecular complexity index is 1190. The second-order valence-electron chi connectivity index (χ2n) is 9.75. The maximum atomic E-state index is 14.0. The van der Waals surface area contributed by atoms with Gasteiger partial charge in [-0.1, -0.05) is 54.6 Å². The quantitative estimate of drug-likeness (QED) is 0.528. The zero-order chi connectivity index (χ0) is 25.1. The molecule has 1 fully saturated rings. The van der Waals surface area contributed by atoms with Gasteiger partial charge in [0.1, 0.15) is 0 Å². The fourth-order valence-electron chi connectivity index (χ4n) is 5.66. The smallest absolute Gasteiger partial charge is 0.241 e. The lowest BCUT2D eigenvalue weighted by Gasteiger charge is -2.44. The summed E-state index contributed by atoms with van der Waals surface area (Å²) in [5.41, 5.74) is 4.06. The van der Waals surface area contributed by atoms with Crippen molar-refractivity contribution in [1.82, 2.24) is 4.90 Å². The van der Waals surface area contributed by atoms with Gasteiger partial charge in [-0.15, -0.1) is 0 Å². The van der Waals surface area contributed by atoms with Crippen LogP contribution in [0.15, 0.2) is 84.9 Å². The normalized spacial score (nSPS) is 20.1. The maximum absolute atomic E-state index is 14.0. The summed E-state index contributed by atoms with van der Waals surface area (Å²) in [5, 5.41) is 0. The molecule has 6 nitrogen and oxygen atoms in total. The minimum absolute atomic E-state index is 0.00386. The molecule has 1 saturated heterocycles. The summed E-state index contributed by atoms with van der Waals surface area (Å²) in [6, 6.07) is 28.3. The van der Waals surface area contributed by atoms with Gasteiger partial charge in [-0.2, -0.15) is 0 Å². The second-order valence-corrected chi connectivity index (χ2v) is 9.75. The van der Waals surface area contributed by atoms with Gasteiger partial charge in [0.25, 0.3) is 0 Å². The highest BCUT2D eigenvalue weighted by molar-refractivity contribution is 5.98. The van der Waals surface area contributed by atoms with Gasteiger partial charge in [0.15, 0.2) is 0 Å². The molecular weight excluding hydrogens is 448 g/mol. The number of rotatable bonds is 5. The third-order valence-electron chi connectivity index (χ3n) is 7.37. The van der Waals surface area contributed by atoms with Crippen LogP contribution < -0.4 is 14.7 Å². The Hall–Kier alpha value is -3.64. The third-order valence-corrected chi connectivity index (χ3v) is 7.37. The number of piperazine rings is 1. The zero-order valence-electron chi connectivity index (χ0n) is 21.1. The highest BCUT2D eigenvalue weighted by Gasteiger charge is 2.38. The Morgan fingerprint density at radius 3 is 2.11 bits per heavy atom. The first-order valence-corrected chi connectivity index (χ1v) is 12.8. The van der Waals surface area contributed by atoms with Crippen LogP contribution in [0.3, 0.4) is 0 Å². The van der Waals surface area contributed by atoms with Crippen molar-refractivity contribution in [2.45, 2.75) is 32.4 Å². The molecule has 2 aliphatic heterocycles. The van der Waals surface area contributed by atoms with Crippen LogP contribution in [0.4, 0.5) is 17.1 Å². The number of hydrogen-bond acceptors (Lipinski definition) is 4. The summed E-state index contributed by atoms with van der Waals surface area (Å²) in [7, 11) is 0. The minimum atomic E-state index is -0.132. The Morgan fingerprint density at radius 1 is 0.833 bits per heavy atom. The lowest BCUT2D eigenvalue weighted by atomic mass is 9.90. The van der Waals surface area contributed by atoms with Crippen molar-refractivity contribution in [3.63, 3.8) is 0 Å². The Labute approximate surface area is 213 Å². The van der Waals surface area contributed by atoms with Crippen LogP contribution in [0.2, 0.25) is 0 Å². The lowest BCUT2D eigenvalue weighted by molar-refractivity contribution is -0.120. The van der Waals surface area contributed by atoms with Crippen molar-refractivity contribution in [1.29, 1.82) is 0 Å². The fourth-order valence-corrected chi connectivity index (χ4v) is 5.66. The van der Waals surface area contributed by atoms with Crippen LogP contribution in [0, 0.1) is 0 Å². The number of anilines is 3. The standard InChI is InChI=1S/C30H34N4O2/c1-23-21-29(27-15-9-10-16-28(27)33(23)24(2)35)34(26-13-7-4-8-14-26)30(36)22-31-17-19-32(20-18-31)25-11-5-3-6-12-25/h3-16,23,29H,17-22H2,1-2H3/t23-,29+/m0/s1. The van der Waals surface area contributed by atoms with E-state index in [4.69, 9.17) is 0 Å². The van der Waals surface area contributed by atoms with E-state index in [1.54, 1.807) is 6.92 Å². The van der Waals surface area contributed by atoms with E-state index in [2.05, 4.69) is 47.1 Å². The van der Waals surface area contributed by atoms with Crippen molar-refractivity contribution in [2.24, 2.45) is 0 Å². The molecule has 0 aromatic heterocycles. The molecule has 3 aromatic rings. The van der Waals surface area contributed by atoms with E-state index in [0.29, 0.717) is 13.0 Å². The second kappa shape index (κ2) is 10.5. The SMILES string of the molecule is CC(=O)N1c2ccccc2[C@H](N(C(=O)CN2CCN(c3ccccc3)CC2)c2ccccc2)C[C@@H]1C. The van der Waals surface area contributed by atoms with Gasteiger partial charge in [-0.3, -0.25) is 14.5 Å². The molecule has 6 heteroatoms. The van der Waals surface area contributed by atoms with E-state index in [9.17, 15) is 9.59 Å². The summed E-state index contributed by atoms with van der Waals surface area (Å²) in [4.78, 5) is 34.9. The number of hydrogen-bond donors (Lipinski definition) is 0. The fraction of sp³-hybridized carbons (Fsp3) is 0.333. The zero-order valence-corrected chi connectivity index (χ0v) is 21.1. The largest absolute Gasteiger partial charge is 0.369 e. The van der Waals surface area contributed by atoms with Crippen molar-refractivity contribution < 1.29 is 9.59 Å². The number of para-hydroxylation sites is 3. The predicted octanol–water partition coefficient (Wildman–Crippen LogP) is 4.73. The van der Waals surface area contributed by atoms with Gasteiger partial charge in [0.2, 0.25) is 11.8 Å². The molecule has 0 aliphatic carbocycles. The van der Waals surface area contributed by atoms with Gasteiger partial charge < -0.3 is 14.7 Å². The van der Waals surface area contributed by atoms with E-state index in [0.717, 1.165) is 43.1 Å². The van der Waals surface area contributed by atoms with Gasteiger partial charge in [0, 0.05) is 56.2 Å². The molecule has 5 rings (SSSR count). The molecule has 2 atom stereocenters. The number of amides is 2. The molecule has 0 bridgehead atoms. The van der Waals surface area contributed by atoms with E-state index in [1.807, 2.05) is 64.4 Å². The number of benzene rings is 3. The molecule has 3 aromatic carbocycles. The van der Waals surface area contributed by atoms with Crippen molar-refractivity contribution in [2.75, 3.05) is 47.4 Å². The van der Waals surface area contributed by atoms with Gasteiger partial charge in [0.05, 0.1) is 12.6 Å². The number of fused-ring (bicyclic) bond motifs is 1. The minimum Gasteiger partial charge on any atom is -0.369 e. The average molecular weight is 483 g/mol. The maximum Gasteiger partial charge on any atom is 0.241 e. The first-order chi connectivity index (χ1) is 17.5. The van der Waals surface area contributed by atoms with Crippen molar-refractivity contribution in [3.05, 3.63) is 90.5 Å². The van der Waals surface area contributed by atoms with Gasteiger partial charge in [-0.25, -0.2) is 0 Å². The van der Waals surface area contributed by atoms with Crippen LogP contribution in [0.25, 0.3) is 0 Å². The Balaban J connectivity index is 1.39. The summed E-state index contributed by atoms with van der Waals surface area (Å²) >= 11 is 0. The topological polar surface area (TPSA) is 47.1 Å². The molecular formula is C30H34N4O2. The van der Waals surface area contributed by atoms with Crippen molar-refractivity contribution in [3.8, 4) is 0 Å². The summed E-state index contributed by atoms with van der Waals surface area (Å²) in [5.74, 6) is 0.125. The highest BCUT2D eigenvalue weighted by atomic mass is 16.2. The molecule has 2 aliphatic rings. The monoisotopic (exact) mass is 482 g/mol. The molecule has 0 saturated carbocycles. The van der Waals surface area contributed by atoms with E-state index in [-0.39, 0.29) is 23.9 Å². The van der Waals surface area contributed by atoms with Crippen LogP contribution in [-0.4, -0.2) is 55.5 Å². The average Bonchev–Trinajstić information content (AvgIpc) is 2.90. The number of nitrogens with zero attached hydrogens (tertiary/aromatic N) is 4. The van der Waals surface area contributed by atoms with Crippen molar-refractivity contribution >= 4 is 28.9 Å². The summed E-state index contributed by atoms with van der Waals surface area (Å²) in [6.45, 7) is 7.56. The Morgan fingerprint density at radius 2 is 1.44 bits per heavy atom. The lowest BCUT2D eigenvalue weighted by Crippen LogP contribution is -2.52. The van der Waals surface area contributed by atoms with Crippen LogP contribution >= 0.6 is 0 Å². The molecule has 186 valence electrons. The Kier molecular flexibility index (Phi) is 7.05. The van der Waals surface area contributed by atoms with E-state index >= 15 is 0 Å². The van der Waals surface area contributed by atoms with E-state index < -0.39 is 0 Å². The first kappa shape index (κ1) is 24.1. The number of carbonyl (C=O) groups excluding carboxylic acids is 2. The number of carbonyl (C=O) groups is 2. The first-order valence-electron chi connectivity index (χ1n) is 12.8. The molecule has 0 unspecified atom stereocenters.